The molecule has 1 fully saturated rings. The summed E-state index contributed by atoms with van der Waals surface area (Å²) in [6.07, 6.45) is 1.03. The maximum absolute atomic E-state index is 13.0. The van der Waals surface area contributed by atoms with Crippen molar-refractivity contribution in [2.45, 2.75) is 6.42 Å². The Morgan fingerprint density at radius 2 is 1.93 bits per heavy atom. The number of hydrogen-bond donors (Lipinski definition) is 1. The van der Waals surface area contributed by atoms with Crippen LogP contribution in [0.5, 0.6) is 0 Å². The Morgan fingerprint density at radius 3 is 2.73 bits per heavy atom. The van der Waals surface area contributed by atoms with Gasteiger partial charge < -0.3 is 10.2 Å². The molecule has 0 aromatic heterocycles. The Balaban J connectivity index is 2.16. The van der Waals surface area contributed by atoms with Crippen LogP contribution in [0.4, 0.5) is 14.5 Å². The Kier molecular flexibility index (Phi) is 3.16. The molecule has 82 valence electrons. The minimum absolute atomic E-state index is 0.762. The van der Waals surface area contributed by atoms with Crippen LogP contribution in [0.15, 0.2) is 18.2 Å². The monoisotopic (exact) mass is 212 g/mol. The van der Waals surface area contributed by atoms with Crippen LogP contribution in [0.3, 0.4) is 0 Å². The summed E-state index contributed by atoms with van der Waals surface area (Å²) in [5.74, 6) is -1.56. The second kappa shape index (κ2) is 4.57. The molecule has 0 spiro atoms. The summed E-state index contributed by atoms with van der Waals surface area (Å²) in [6, 6.07) is 4.08. The number of anilines is 1. The lowest BCUT2D eigenvalue weighted by Gasteiger charge is -2.22. The molecule has 2 nitrogen and oxygen atoms in total. The van der Waals surface area contributed by atoms with E-state index in [9.17, 15) is 8.78 Å². The van der Waals surface area contributed by atoms with Gasteiger partial charge in [0.1, 0.15) is 0 Å². The fraction of sp³-hybridized carbons (Fsp3) is 0.455. The van der Waals surface area contributed by atoms with Crippen molar-refractivity contribution in [3.8, 4) is 0 Å². The van der Waals surface area contributed by atoms with E-state index < -0.39 is 11.6 Å². The second-order valence-corrected chi connectivity index (χ2v) is 3.69. The molecule has 0 radical (unpaired) electrons. The highest BCUT2D eigenvalue weighted by atomic mass is 19.2. The SMILES string of the molecule is Fc1ccc(N2CCCNCC2)cc1F. The molecule has 0 unspecified atom stereocenters. The first kappa shape index (κ1) is 10.4. The molecule has 0 aliphatic carbocycles. The van der Waals surface area contributed by atoms with Crippen molar-refractivity contribution in [3.05, 3.63) is 29.8 Å². The molecule has 0 amide bonds. The van der Waals surface area contributed by atoms with E-state index in [0.29, 0.717) is 0 Å². The summed E-state index contributed by atoms with van der Waals surface area (Å²) >= 11 is 0. The first-order valence-electron chi connectivity index (χ1n) is 5.18. The molecule has 0 bridgehead atoms. The number of halogens is 2. The third-order valence-corrected chi connectivity index (χ3v) is 2.61. The average Bonchev–Trinajstić information content (AvgIpc) is 2.50. The van der Waals surface area contributed by atoms with Crippen molar-refractivity contribution >= 4 is 5.69 Å². The number of hydrogen-bond acceptors (Lipinski definition) is 2. The summed E-state index contributed by atoms with van der Waals surface area (Å²) in [5, 5.41) is 3.26. The second-order valence-electron chi connectivity index (χ2n) is 3.69. The van der Waals surface area contributed by atoms with Crippen LogP contribution in [0.1, 0.15) is 6.42 Å². The van der Waals surface area contributed by atoms with Gasteiger partial charge in [0.25, 0.3) is 0 Å². The summed E-state index contributed by atoms with van der Waals surface area (Å²) in [4.78, 5) is 2.07. The summed E-state index contributed by atoms with van der Waals surface area (Å²) in [5.41, 5.74) is 0.762. The van der Waals surface area contributed by atoms with E-state index in [4.69, 9.17) is 0 Å². The molecule has 1 aromatic rings. The predicted molar refractivity (Wildman–Crippen MR) is 56.1 cm³/mol. The minimum Gasteiger partial charge on any atom is -0.370 e. The van der Waals surface area contributed by atoms with Crippen LogP contribution in [0.25, 0.3) is 0 Å². The highest BCUT2D eigenvalue weighted by molar-refractivity contribution is 5.46. The highest BCUT2D eigenvalue weighted by Crippen LogP contribution is 2.18. The number of rotatable bonds is 1. The maximum atomic E-state index is 13.0. The fourth-order valence-electron chi connectivity index (χ4n) is 1.79. The van der Waals surface area contributed by atoms with Crippen LogP contribution in [-0.2, 0) is 0 Å². The molecule has 0 saturated carbocycles. The maximum Gasteiger partial charge on any atom is 0.160 e. The van der Waals surface area contributed by atoms with E-state index in [0.717, 1.165) is 38.3 Å². The average molecular weight is 212 g/mol. The molecule has 2 rings (SSSR count). The van der Waals surface area contributed by atoms with Gasteiger partial charge in [-0.25, -0.2) is 8.78 Å². The van der Waals surface area contributed by atoms with Crippen molar-refractivity contribution < 1.29 is 8.78 Å². The topological polar surface area (TPSA) is 15.3 Å². The van der Waals surface area contributed by atoms with E-state index in [2.05, 4.69) is 10.2 Å². The van der Waals surface area contributed by atoms with Gasteiger partial charge in [-0.2, -0.15) is 0 Å². The van der Waals surface area contributed by atoms with E-state index in [1.807, 2.05) is 0 Å². The van der Waals surface area contributed by atoms with Crippen LogP contribution in [0, 0.1) is 11.6 Å². The highest BCUT2D eigenvalue weighted by Gasteiger charge is 2.11. The number of nitrogens with zero attached hydrogens (tertiary/aromatic N) is 1. The van der Waals surface area contributed by atoms with Gasteiger partial charge in [-0.3, -0.25) is 0 Å². The summed E-state index contributed by atoms with van der Waals surface area (Å²) < 4.78 is 25.8. The van der Waals surface area contributed by atoms with Crippen molar-refractivity contribution in [3.63, 3.8) is 0 Å². The zero-order chi connectivity index (χ0) is 10.7. The Morgan fingerprint density at radius 1 is 1.07 bits per heavy atom. The molecule has 1 saturated heterocycles. The standard InChI is InChI=1S/C11H14F2N2/c12-10-3-2-9(8-11(10)13)15-6-1-4-14-5-7-15/h2-3,8,14H,1,4-7H2. The third-order valence-electron chi connectivity index (χ3n) is 2.61. The van der Waals surface area contributed by atoms with Gasteiger partial charge in [0.2, 0.25) is 0 Å². The predicted octanol–water partition coefficient (Wildman–Crippen LogP) is 1.76. The number of nitrogens with one attached hydrogen (secondary N) is 1. The lowest BCUT2D eigenvalue weighted by atomic mass is 10.2. The largest absolute Gasteiger partial charge is 0.370 e. The van der Waals surface area contributed by atoms with Crippen molar-refractivity contribution in [2.75, 3.05) is 31.1 Å². The molecule has 1 N–H and O–H groups in total. The molecule has 1 aliphatic rings. The normalized spacial score (nSPS) is 17.6. The quantitative estimate of drug-likeness (QED) is 0.763. The zero-order valence-electron chi connectivity index (χ0n) is 8.47. The first-order chi connectivity index (χ1) is 7.27. The molecule has 1 aliphatic heterocycles. The minimum atomic E-state index is -0.785. The van der Waals surface area contributed by atoms with Gasteiger partial charge in [-0.15, -0.1) is 0 Å². The molecule has 4 heteroatoms. The molecule has 15 heavy (non-hydrogen) atoms. The van der Waals surface area contributed by atoms with Crippen molar-refractivity contribution in [1.29, 1.82) is 0 Å². The van der Waals surface area contributed by atoms with Gasteiger partial charge in [0, 0.05) is 31.4 Å². The van der Waals surface area contributed by atoms with Crippen LogP contribution in [0.2, 0.25) is 0 Å². The van der Waals surface area contributed by atoms with Crippen LogP contribution in [-0.4, -0.2) is 26.2 Å². The van der Waals surface area contributed by atoms with Gasteiger partial charge in [-0.05, 0) is 25.1 Å². The fourth-order valence-corrected chi connectivity index (χ4v) is 1.79. The lowest BCUT2D eigenvalue weighted by molar-refractivity contribution is 0.508. The van der Waals surface area contributed by atoms with Crippen LogP contribution >= 0.6 is 0 Å². The Bertz CT molecular complexity index is 333. The Labute approximate surface area is 87.9 Å². The molecular weight excluding hydrogens is 198 g/mol. The molecule has 1 aromatic carbocycles. The van der Waals surface area contributed by atoms with Gasteiger partial charge in [0.15, 0.2) is 11.6 Å². The van der Waals surface area contributed by atoms with Crippen LogP contribution < -0.4 is 10.2 Å². The third kappa shape index (κ3) is 2.45. The molecular formula is C11H14F2N2. The van der Waals surface area contributed by atoms with Crippen molar-refractivity contribution in [2.24, 2.45) is 0 Å². The molecule has 0 atom stereocenters. The smallest absolute Gasteiger partial charge is 0.160 e. The van der Waals surface area contributed by atoms with Gasteiger partial charge in [-0.1, -0.05) is 0 Å². The summed E-state index contributed by atoms with van der Waals surface area (Å²) in [7, 11) is 0. The first-order valence-corrected chi connectivity index (χ1v) is 5.18. The summed E-state index contributed by atoms with van der Waals surface area (Å²) in [6.45, 7) is 3.60. The van der Waals surface area contributed by atoms with E-state index in [1.54, 1.807) is 6.07 Å². The van der Waals surface area contributed by atoms with Crippen molar-refractivity contribution in [1.82, 2.24) is 5.32 Å². The number of benzene rings is 1. The van der Waals surface area contributed by atoms with E-state index in [-0.39, 0.29) is 0 Å². The van der Waals surface area contributed by atoms with Gasteiger partial charge in [0.05, 0.1) is 0 Å². The van der Waals surface area contributed by atoms with Gasteiger partial charge >= 0.3 is 0 Å². The molecule has 1 heterocycles. The Hall–Kier alpha value is -1.16. The zero-order valence-corrected chi connectivity index (χ0v) is 8.47. The van der Waals surface area contributed by atoms with E-state index in [1.165, 1.54) is 12.1 Å². The lowest BCUT2D eigenvalue weighted by Crippen LogP contribution is -2.27. The van der Waals surface area contributed by atoms with E-state index >= 15 is 0 Å².